The molecule has 0 radical (unpaired) electrons. The van der Waals surface area contributed by atoms with Gasteiger partial charge in [-0.2, -0.15) is 4.98 Å². The molecule has 2 amide bonds. The lowest BCUT2D eigenvalue weighted by atomic mass is 10.1. The summed E-state index contributed by atoms with van der Waals surface area (Å²) in [6.45, 7) is 0.320. The molecule has 28 heavy (non-hydrogen) atoms. The number of anilines is 4. The van der Waals surface area contributed by atoms with Gasteiger partial charge in [0, 0.05) is 51.9 Å². The highest BCUT2D eigenvalue weighted by Gasteiger charge is 2.35. The molecular weight excluding hydrogens is 380 g/mol. The molecule has 0 spiro atoms. The second kappa shape index (κ2) is 8.02. The van der Waals surface area contributed by atoms with Crippen molar-refractivity contribution in [3.63, 3.8) is 0 Å². The van der Waals surface area contributed by atoms with Crippen LogP contribution in [0.3, 0.4) is 0 Å². The number of aromatic nitrogens is 2. The molecule has 0 aliphatic carbocycles. The van der Waals surface area contributed by atoms with Crippen molar-refractivity contribution in [2.24, 2.45) is 5.92 Å². The van der Waals surface area contributed by atoms with E-state index in [9.17, 15) is 9.59 Å². The zero-order chi connectivity index (χ0) is 20.4. The van der Waals surface area contributed by atoms with Crippen molar-refractivity contribution >= 4 is 46.6 Å². The minimum absolute atomic E-state index is 0.0884. The van der Waals surface area contributed by atoms with Gasteiger partial charge in [0.1, 0.15) is 5.69 Å². The van der Waals surface area contributed by atoms with E-state index in [1.165, 1.54) is 0 Å². The molecule has 0 saturated carbocycles. The van der Waals surface area contributed by atoms with Crippen molar-refractivity contribution in [1.82, 2.24) is 9.97 Å². The number of carbonyl (C=O) groups is 2. The number of carbonyl (C=O) groups excluding carboxylic acids is 2. The number of hydrogen-bond donors (Lipinski definition) is 1. The lowest BCUT2D eigenvalue weighted by molar-refractivity contribution is -0.122. The van der Waals surface area contributed by atoms with Gasteiger partial charge >= 0.3 is 0 Å². The molecule has 3 rings (SSSR count). The largest absolute Gasteiger partial charge is 0.361 e. The molecule has 1 N–H and O–H groups in total. The molecule has 1 fully saturated rings. The first-order valence-electron chi connectivity index (χ1n) is 8.84. The summed E-state index contributed by atoms with van der Waals surface area (Å²) in [4.78, 5) is 39.1. The minimum Gasteiger partial charge on any atom is -0.361 e. The van der Waals surface area contributed by atoms with E-state index in [-0.39, 0.29) is 18.2 Å². The molecule has 1 aliphatic heterocycles. The van der Waals surface area contributed by atoms with Crippen LogP contribution in [0.2, 0.25) is 5.02 Å². The molecule has 2 heterocycles. The van der Waals surface area contributed by atoms with Crippen molar-refractivity contribution in [3.05, 3.63) is 35.5 Å². The number of halogens is 1. The predicted octanol–water partition coefficient (Wildman–Crippen LogP) is 2.25. The van der Waals surface area contributed by atoms with E-state index < -0.39 is 5.92 Å². The first-order chi connectivity index (χ1) is 13.3. The van der Waals surface area contributed by atoms with Gasteiger partial charge < -0.3 is 20.0 Å². The summed E-state index contributed by atoms with van der Waals surface area (Å²) in [6, 6.07) is 7.01. The number of amides is 2. The Kier molecular flexibility index (Phi) is 5.69. The lowest BCUT2D eigenvalue weighted by Crippen LogP contribution is -2.29. The van der Waals surface area contributed by atoms with Gasteiger partial charge in [-0.1, -0.05) is 11.6 Å². The molecule has 1 saturated heterocycles. The van der Waals surface area contributed by atoms with Gasteiger partial charge in [-0.25, -0.2) is 4.98 Å². The van der Waals surface area contributed by atoms with E-state index in [4.69, 9.17) is 11.6 Å². The third kappa shape index (κ3) is 4.17. The molecule has 1 aromatic heterocycles. The van der Waals surface area contributed by atoms with E-state index in [1.807, 2.05) is 33.1 Å². The van der Waals surface area contributed by atoms with Crippen LogP contribution in [0, 0.1) is 5.92 Å². The fraction of sp³-hybridized carbons (Fsp3) is 0.368. The molecule has 1 unspecified atom stereocenters. The van der Waals surface area contributed by atoms with Crippen molar-refractivity contribution in [1.29, 1.82) is 0 Å². The average Bonchev–Trinajstić information content (AvgIpc) is 3.04. The van der Waals surface area contributed by atoms with Crippen LogP contribution < -0.4 is 20.0 Å². The van der Waals surface area contributed by atoms with Crippen molar-refractivity contribution in [2.45, 2.75) is 6.42 Å². The SMILES string of the molecule is CN(C)c1ncc(NC(=O)C2CC(=O)N(c3ccc(Cl)cc3)C2)c(N(C)C)n1. The minimum atomic E-state index is -0.452. The van der Waals surface area contributed by atoms with Crippen LogP contribution in [0.25, 0.3) is 0 Å². The number of nitrogens with one attached hydrogen (secondary N) is 1. The highest BCUT2D eigenvalue weighted by Crippen LogP contribution is 2.29. The van der Waals surface area contributed by atoms with E-state index >= 15 is 0 Å². The predicted molar refractivity (Wildman–Crippen MR) is 111 cm³/mol. The standard InChI is InChI=1S/C19H23ClN6O2/c1-24(2)17-15(10-21-19(23-17)25(3)4)22-18(28)12-9-16(27)26(11-12)14-7-5-13(20)6-8-14/h5-8,10,12H,9,11H2,1-4H3,(H,22,28). The summed E-state index contributed by atoms with van der Waals surface area (Å²) >= 11 is 5.91. The summed E-state index contributed by atoms with van der Waals surface area (Å²) in [6.07, 6.45) is 1.74. The maximum Gasteiger partial charge on any atom is 0.229 e. The van der Waals surface area contributed by atoms with Gasteiger partial charge in [-0.05, 0) is 24.3 Å². The summed E-state index contributed by atoms with van der Waals surface area (Å²) < 4.78 is 0. The monoisotopic (exact) mass is 402 g/mol. The van der Waals surface area contributed by atoms with Gasteiger partial charge in [-0.3, -0.25) is 9.59 Å². The van der Waals surface area contributed by atoms with Gasteiger partial charge in [-0.15, -0.1) is 0 Å². The van der Waals surface area contributed by atoms with E-state index in [2.05, 4.69) is 15.3 Å². The van der Waals surface area contributed by atoms with Gasteiger partial charge in [0.05, 0.1) is 12.1 Å². The summed E-state index contributed by atoms with van der Waals surface area (Å²) in [5.74, 6) is 0.382. The number of benzene rings is 1. The first-order valence-corrected chi connectivity index (χ1v) is 9.22. The summed E-state index contributed by atoms with van der Waals surface area (Å²) in [7, 11) is 7.39. The normalized spacial score (nSPS) is 16.2. The zero-order valence-electron chi connectivity index (χ0n) is 16.3. The van der Waals surface area contributed by atoms with Gasteiger partial charge in [0.25, 0.3) is 0 Å². The maximum absolute atomic E-state index is 12.8. The topological polar surface area (TPSA) is 81.7 Å². The van der Waals surface area contributed by atoms with Crippen LogP contribution in [0.5, 0.6) is 0 Å². The molecule has 148 valence electrons. The summed E-state index contributed by atoms with van der Waals surface area (Å²) in [5.41, 5.74) is 1.25. The Morgan fingerprint density at radius 1 is 1.18 bits per heavy atom. The third-order valence-electron chi connectivity index (χ3n) is 4.47. The second-order valence-electron chi connectivity index (χ2n) is 7.07. The molecular formula is C19H23ClN6O2. The van der Waals surface area contributed by atoms with Crippen molar-refractivity contribution < 1.29 is 9.59 Å². The van der Waals surface area contributed by atoms with Gasteiger partial charge in [0.2, 0.25) is 17.8 Å². The maximum atomic E-state index is 12.8. The van der Waals surface area contributed by atoms with Crippen LogP contribution in [0.4, 0.5) is 23.1 Å². The number of rotatable bonds is 5. The molecule has 1 aromatic carbocycles. The van der Waals surface area contributed by atoms with Crippen LogP contribution in [-0.2, 0) is 9.59 Å². The quantitative estimate of drug-likeness (QED) is 0.826. The van der Waals surface area contributed by atoms with E-state index in [1.54, 1.807) is 40.3 Å². The molecule has 0 bridgehead atoms. The Morgan fingerprint density at radius 2 is 1.86 bits per heavy atom. The Balaban J connectivity index is 1.75. The molecule has 9 heteroatoms. The molecule has 1 aliphatic rings. The van der Waals surface area contributed by atoms with Crippen LogP contribution in [-0.4, -0.2) is 56.5 Å². The fourth-order valence-electron chi connectivity index (χ4n) is 3.00. The first kappa shape index (κ1) is 19.9. The van der Waals surface area contributed by atoms with E-state index in [0.29, 0.717) is 29.0 Å². The van der Waals surface area contributed by atoms with Gasteiger partial charge in [0.15, 0.2) is 5.82 Å². The Hall–Kier alpha value is -2.87. The summed E-state index contributed by atoms with van der Waals surface area (Å²) in [5, 5.41) is 3.48. The smallest absolute Gasteiger partial charge is 0.229 e. The average molecular weight is 403 g/mol. The van der Waals surface area contributed by atoms with Crippen LogP contribution in [0.1, 0.15) is 6.42 Å². The molecule has 8 nitrogen and oxygen atoms in total. The van der Waals surface area contributed by atoms with E-state index in [0.717, 1.165) is 5.69 Å². The molecule has 2 aromatic rings. The lowest BCUT2D eigenvalue weighted by Gasteiger charge is -2.20. The number of nitrogens with zero attached hydrogens (tertiary/aromatic N) is 5. The Labute approximate surface area is 169 Å². The van der Waals surface area contributed by atoms with Crippen molar-refractivity contribution in [3.8, 4) is 0 Å². The van der Waals surface area contributed by atoms with Crippen molar-refractivity contribution in [2.75, 3.05) is 54.8 Å². The third-order valence-corrected chi connectivity index (χ3v) is 4.72. The highest BCUT2D eigenvalue weighted by atomic mass is 35.5. The fourth-order valence-corrected chi connectivity index (χ4v) is 3.12. The van der Waals surface area contributed by atoms with Crippen LogP contribution in [0.15, 0.2) is 30.5 Å². The Bertz CT molecular complexity index is 884. The highest BCUT2D eigenvalue weighted by molar-refractivity contribution is 6.30. The zero-order valence-corrected chi connectivity index (χ0v) is 17.1. The van der Waals surface area contributed by atoms with Crippen LogP contribution >= 0.6 is 11.6 Å². The molecule has 1 atom stereocenters. The Morgan fingerprint density at radius 3 is 2.46 bits per heavy atom. The number of hydrogen-bond acceptors (Lipinski definition) is 6. The second-order valence-corrected chi connectivity index (χ2v) is 7.50.